The molecular formula is C29H30F3N3O3. The fourth-order valence-electron chi connectivity index (χ4n) is 4.68. The number of alkyl halides is 3. The highest BCUT2D eigenvalue weighted by molar-refractivity contribution is 6.02. The lowest BCUT2D eigenvalue weighted by Gasteiger charge is -2.32. The number of likely N-dealkylation sites (tertiary alicyclic amines) is 1. The monoisotopic (exact) mass is 525 g/mol. The lowest BCUT2D eigenvalue weighted by molar-refractivity contribution is -0.137. The van der Waals surface area contributed by atoms with Crippen LogP contribution in [0.5, 0.6) is 0 Å². The normalized spacial score (nSPS) is 14.7. The first kappa shape index (κ1) is 27.2. The summed E-state index contributed by atoms with van der Waals surface area (Å²) >= 11 is 0. The van der Waals surface area contributed by atoms with Crippen LogP contribution in [0.4, 0.5) is 18.9 Å². The molecule has 2 amide bonds. The molecule has 1 saturated heterocycles. The molecule has 200 valence electrons. The number of nitrogens with one attached hydrogen (secondary N) is 1. The number of benzene rings is 2. The number of carbonyl (C=O) groups is 2. The van der Waals surface area contributed by atoms with Gasteiger partial charge in [0.25, 0.3) is 5.91 Å². The largest absolute Gasteiger partial charge is 0.416 e. The molecule has 1 aliphatic heterocycles. The molecule has 4 rings (SSSR count). The quantitative estimate of drug-likeness (QED) is 0.352. The number of aromatic nitrogens is 1. The van der Waals surface area contributed by atoms with Crippen molar-refractivity contribution in [3.63, 3.8) is 0 Å². The Kier molecular flexibility index (Phi) is 8.34. The van der Waals surface area contributed by atoms with E-state index in [1.165, 1.54) is 24.3 Å². The van der Waals surface area contributed by atoms with Crippen LogP contribution in [0.15, 0.2) is 59.1 Å². The molecule has 0 saturated carbocycles. The maximum Gasteiger partial charge on any atom is 0.416 e. The summed E-state index contributed by atoms with van der Waals surface area (Å²) in [4.78, 5) is 27.2. The van der Waals surface area contributed by atoms with Crippen molar-refractivity contribution >= 4 is 23.6 Å². The maximum atomic E-state index is 13.1. The number of rotatable bonds is 7. The van der Waals surface area contributed by atoms with E-state index in [0.29, 0.717) is 48.1 Å². The molecule has 0 atom stereocenters. The first-order valence-electron chi connectivity index (χ1n) is 12.7. The molecule has 1 aliphatic rings. The van der Waals surface area contributed by atoms with Gasteiger partial charge in [-0.1, -0.05) is 36.3 Å². The third kappa shape index (κ3) is 6.51. The van der Waals surface area contributed by atoms with Crippen molar-refractivity contribution in [2.24, 2.45) is 0 Å². The Balaban J connectivity index is 1.31. The summed E-state index contributed by atoms with van der Waals surface area (Å²) in [5.41, 5.74) is 2.46. The molecule has 0 aliphatic carbocycles. The highest BCUT2D eigenvalue weighted by Gasteiger charge is 2.30. The van der Waals surface area contributed by atoms with Crippen LogP contribution in [-0.4, -0.2) is 35.0 Å². The average Bonchev–Trinajstić information content (AvgIpc) is 3.27. The van der Waals surface area contributed by atoms with Crippen LogP contribution in [0.2, 0.25) is 0 Å². The first-order valence-corrected chi connectivity index (χ1v) is 12.7. The molecule has 0 spiro atoms. The van der Waals surface area contributed by atoms with Crippen LogP contribution in [-0.2, 0) is 17.4 Å². The van der Waals surface area contributed by atoms with Crippen LogP contribution in [0.25, 0.3) is 6.08 Å². The van der Waals surface area contributed by atoms with Gasteiger partial charge in [-0.25, -0.2) is 0 Å². The number of hydrogen-bond donors (Lipinski definition) is 1. The highest BCUT2D eigenvalue weighted by atomic mass is 19.4. The third-order valence-corrected chi connectivity index (χ3v) is 6.70. The number of aryl methyl sites for hydroxylation is 2. The predicted molar refractivity (Wildman–Crippen MR) is 139 cm³/mol. The van der Waals surface area contributed by atoms with Gasteiger partial charge in [0.05, 0.1) is 11.3 Å². The second kappa shape index (κ2) is 11.7. The smallest absolute Gasteiger partial charge is 0.360 e. The number of halogens is 3. The SMILES string of the molecule is CCCc1onc(C)c1C(=O)N1CCC(c2ccc(NC(=O)/C=C/c3cccc(C(F)(F)F)c3)cc2)CC1. The number of carbonyl (C=O) groups excluding carboxylic acids is 2. The molecule has 0 bridgehead atoms. The zero-order chi connectivity index (χ0) is 27.3. The molecule has 2 heterocycles. The number of nitrogens with zero attached hydrogens (tertiary/aromatic N) is 2. The lowest BCUT2D eigenvalue weighted by atomic mass is 9.89. The molecular weight excluding hydrogens is 495 g/mol. The van der Waals surface area contributed by atoms with Gasteiger partial charge in [0.15, 0.2) is 0 Å². The van der Waals surface area contributed by atoms with Crippen molar-refractivity contribution in [3.05, 3.63) is 88.3 Å². The third-order valence-electron chi connectivity index (χ3n) is 6.70. The van der Waals surface area contributed by atoms with Crippen LogP contribution in [0.3, 0.4) is 0 Å². The molecule has 0 radical (unpaired) electrons. The van der Waals surface area contributed by atoms with Crippen LogP contribution >= 0.6 is 0 Å². The standard InChI is InChI=1S/C29H30F3N3O3/c1-3-5-25-27(19(2)34-38-25)28(37)35-16-14-22(15-17-35)21-9-11-24(12-10-21)33-26(36)13-8-20-6-4-7-23(18-20)29(30,31)32/h4,6-13,18,22H,3,5,14-17H2,1-2H3,(H,33,36)/b13-8+. The Bertz CT molecular complexity index is 1300. The van der Waals surface area contributed by atoms with E-state index in [4.69, 9.17) is 4.52 Å². The highest BCUT2D eigenvalue weighted by Crippen LogP contribution is 2.31. The number of anilines is 1. The molecule has 1 aromatic heterocycles. The summed E-state index contributed by atoms with van der Waals surface area (Å²) in [6.07, 6.45) is 1.32. The van der Waals surface area contributed by atoms with Crippen LogP contribution in [0.1, 0.15) is 70.6 Å². The van der Waals surface area contributed by atoms with Crippen molar-refractivity contribution in [1.29, 1.82) is 0 Å². The van der Waals surface area contributed by atoms with Crippen LogP contribution < -0.4 is 5.32 Å². The zero-order valence-electron chi connectivity index (χ0n) is 21.3. The summed E-state index contributed by atoms with van der Waals surface area (Å²) in [7, 11) is 0. The summed E-state index contributed by atoms with van der Waals surface area (Å²) in [5, 5.41) is 6.71. The molecule has 2 aromatic carbocycles. The van der Waals surface area contributed by atoms with Crippen molar-refractivity contribution in [1.82, 2.24) is 10.1 Å². The summed E-state index contributed by atoms with van der Waals surface area (Å²) < 4.78 is 43.9. The van der Waals surface area contributed by atoms with E-state index in [1.807, 2.05) is 24.0 Å². The Morgan fingerprint density at radius 1 is 1.13 bits per heavy atom. The fraction of sp³-hybridized carbons (Fsp3) is 0.345. The van der Waals surface area contributed by atoms with Crippen LogP contribution in [0, 0.1) is 6.92 Å². The minimum Gasteiger partial charge on any atom is -0.360 e. The van der Waals surface area contributed by atoms with E-state index in [-0.39, 0.29) is 11.5 Å². The topological polar surface area (TPSA) is 75.4 Å². The Morgan fingerprint density at radius 2 is 1.84 bits per heavy atom. The molecule has 38 heavy (non-hydrogen) atoms. The van der Waals surface area contributed by atoms with E-state index >= 15 is 0 Å². The van der Waals surface area contributed by atoms with Gasteiger partial charge in [-0.3, -0.25) is 9.59 Å². The summed E-state index contributed by atoms with van der Waals surface area (Å²) in [6, 6.07) is 12.3. The van der Waals surface area contributed by atoms with Gasteiger partial charge in [0.2, 0.25) is 5.91 Å². The molecule has 9 heteroatoms. The predicted octanol–water partition coefficient (Wildman–Crippen LogP) is 6.63. The molecule has 1 fully saturated rings. The minimum absolute atomic E-state index is 0.0260. The number of amides is 2. The molecule has 6 nitrogen and oxygen atoms in total. The van der Waals surface area contributed by atoms with Crippen molar-refractivity contribution in [2.75, 3.05) is 18.4 Å². The summed E-state index contributed by atoms with van der Waals surface area (Å²) in [6.45, 7) is 5.10. The van der Waals surface area contributed by atoms with Gasteiger partial charge in [0, 0.05) is 31.3 Å². The molecule has 1 N–H and O–H groups in total. The minimum atomic E-state index is -4.44. The van der Waals surface area contributed by atoms with Crippen molar-refractivity contribution in [2.45, 2.75) is 51.6 Å². The second-order valence-corrected chi connectivity index (χ2v) is 9.45. The lowest BCUT2D eigenvalue weighted by Crippen LogP contribution is -2.38. The second-order valence-electron chi connectivity index (χ2n) is 9.45. The van der Waals surface area contributed by atoms with Crippen molar-refractivity contribution < 1.29 is 27.3 Å². The Morgan fingerprint density at radius 3 is 2.50 bits per heavy atom. The van der Waals surface area contributed by atoms with Gasteiger partial charge in [-0.2, -0.15) is 13.2 Å². The maximum absolute atomic E-state index is 13.1. The van der Waals surface area contributed by atoms with Gasteiger partial charge in [-0.05, 0) is 73.6 Å². The number of hydrogen-bond acceptors (Lipinski definition) is 4. The van der Waals surface area contributed by atoms with E-state index < -0.39 is 17.6 Å². The molecule has 0 unspecified atom stereocenters. The molecule has 3 aromatic rings. The average molecular weight is 526 g/mol. The number of piperidine rings is 1. The van der Waals surface area contributed by atoms with Gasteiger partial charge in [0.1, 0.15) is 11.3 Å². The van der Waals surface area contributed by atoms with E-state index in [0.717, 1.165) is 37.0 Å². The van der Waals surface area contributed by atoms with E-state index in [2.05, 4.69) is 10.5 Å². The van der Waals surface area contributed by atoms with Gasteiger partial charge in [-0.15, -0.1) is 0 Å². The van der Waals surface area contributed by atoms with E-state index in [9.17, 15) is 22.8 Å². The van der Waals surface area contributed by atoms with Gasteiger partial charge < -0.3 is 14.7 Å². The fourth-order valence-corrected chi connectivity index (χ4v) is 4.68. The zero-order valence-corrected chi connectivity index (χ0v) is 21.3. The van der Waals surface area contributed by atoms with Crippen molar-refractivity contribution in [3.8, 4) is 0 Å². The summed E-state index contributed by atoms with van der Waals surface area (Å²) in [5.74, 6) is 0.484. The Hall–Kier alpha value is -3.88. The van der Waals surface area contributed by atoms with Gasteiger partial charge >= 0.3 is 6.18 Å². The first-order chi connectivity index (χ1) is 18.2. The Labute approximate surface area is 219 Å². The van der Waals surface area contributed by atoms with E-state index in [1.54, 1.807) is 19.1 Å².